The van der Waals surface area contributed by atoms with Gasteiger partial charge in [0.1, 0.15) is 22.7 Å². The molecule has 0 aromatic heterocycles. The lowest BCUT2D eigenvalue weighted by atomic mass is 9.67. The van der Waals surface area contributed by atoms with Crippen LogP contribution in [0, 0.1) is 0 Å². The molecule has 0 amide bonds. The largest absolute Gasteiger partial charge is 0.466 e. The van der Waals surface area contributed by atoms with E-state index in [4.69, 9.17) is 19.9 Å². The van der Waals surface area contributed by atoms with Crippen molar-refractivity contribution in [2.24, 2.45) is 5.73 Å². The number of benzene rings is 1. The Hall–Kier alpha value is -3.29. The van der Waals surface area contributed by atoms with Crippen molar-refractivity contribution in [1.29, 1.82) is 0 Å². The summed E-state index contributed by atoms with van der Waals surface area (Å²) in [5.41, 5.74) is 4.76. The minimum Gasteiger partial charge on any atom is -0.466 e. The summed E-state index contributed by atoms with van der Waals surface area (Å²) in [7, 11) is 1.17. The van der Waals surface area contributed by atoms with Gasteiger partial charge in [0.2, 0.25) is 0 Å². The van der Waals surface area contributed by atoms with Crippen LogP contribution in [-0.2, 0) is 34.0 Å². The second-order valence-corrected chi connectivity index (χ2v) is 6.48. The monoisotopic (exact) mass is 372 g/mol. The highest BCUT2D eigenvalue weighted by molar-refractivity contribution is 6.15. The van der Waals surface area contributed by atoms with Crippen LogP contribution < -0.4 is 11.1 Å². The van der Waals surface area contributed by atoms with E-state index in [0.717, 1.165) is 0 Å². The third-order valence-corrected chi connectivity index (χ3v) is 4.46. The number of cyclic esters (lactones) is 1. The SMILES string of the molecule is COC(=O)C1=C(N)Nc2ccccc2[C@]12C(=O)OC(C)=C2C(=O)OC(C)C. The van der Waals surface area contributed by atoms with Crippen LogP contribution in [-0.4, -0.2) is 31.1 Å². The molecule has 0 fully saturated rings. The van der Waals surface area contributed by atoms with Gasteiger partial charge in [-0.2, -0.15) is 0 Å². The summed E-state index contributed by atoms with van der Waals surface area (Å²) in [6.45, 7) is 4.83. The molecule has 1 atom stereocenters. The zero-order chi connectivity index (χ0) is 19.9. The smallest absolute Gasteiger partial charge is 0.339 e. The number of hydrogen-bond donors (Lipinski definition) is 2. The molecular formula is C19H20N2O6. The molecule has 142 valence electrons. The van der Waals surface area contributed by atoms with Crippen molar-refractivity contribution in [2.75, 3.05) is 12.4 Å². The van der Waals surface area contributed by atoms with E-state index in [2.05, 4.69) is 5.32 Å². The molecule has 0 bridgehead atoms. The molecule has 2 aliphatic rings. The fourth-order valence-electron chi connectivity index (χ4n) is 3.50. The number of hydrogen-bond acceptors (Lipinski definition) is 8. The van der Waals surface area contributed by atoms with Crippen molar-refractivity contribution >= 4 is 23.6 Å². The number of nitrogens with one attached hydrogen (secondary N) is 1. The highest BCUT2D eigenvalue weighted by Crippen LogP contribution is 2.52. The second kappa shape index (κ2) is 6.46. The van der Waals surface area contributed by atoms with E-state index in [-0.39, 0.29) is 22.7 Å². The summed E-state index contributed by atoms with van der Waals surface area (Å²) in [4.78, 5) is 38.6. The average Bonchev–Trinajstić information content (AvgIpc) is 2.85. The molecule has 27 heavy (non-hydrogen) atoms. The number of carbonyl (C=O) groups is 3. The molecular weight excluding hydrogens is 352 g/mol. The first kappa shape index (κ1) is 18.5. The van der Waals surface area contributed by atoms with Crippen LogP contribution in [0.1, 0.15) is 26.3 Å². The number of para-hydroxylation sites is 1. The van der Waals surface area contributed by atoms with Gasteiger partial charge in [0.25, 0.3) is 0 Å². The van der Waals surface area contributed by atoms with Gasteiger partial charge < -0.3 is 25.3 Å². The van der Waals surface area contributed by atoms with E-state index < -0.39 is 29.4 Å². The summed E-state index contributed by atoms with van der Waals surface area (Å²) in [6.07, 6.45) is -0.439. The molecule has 8 heteroatoms. The highest BCUT2D eigenvalue weighted by Gasteiger charge is 2.62. The molecule has 0 aliphatic carbocycles. The number of methoxy groups -OCH3 is 1. The van der Waals surface area contributed by atoms with Crippen LogP contribution in [0.25, 0.3) is 0 Å². The maximum absolute atomic E-state index is 13.1. The summed E-state index contributed by atoms with van der Waals surface area (Å²) in [6, 6.07) is 6.73. The topological polar surface area (TPSA) is 117 Å². The van der Waals surface area contributed by atoms with Crippen LogP contribution in [0.5, 0.6) is 0 Å². The quantitative estimate of drug-likeness (QED) is 0.605. The summed E-state index contributed by atoms with van der Waals surface area (Å²) >= 11 is 0. The molecule has 3 rings (SSSR count). The number of rotatable bonds is 3. The first-order valence-corrected chi connectivity index (χ1v) is 8.34. The van der Waals surface area contributed by atoms with E-state index in [9.17, 15) is 14.4 Å². The molecule has 0 unspecified atom stereocenters. The molecule has 0 saturated carbocycles. The number of nitrogens with two attached hydrogens (primary N) is 1. The van der Waals surface area contributed by atoms with Gasteiger partial charge in [0.05, 0.1) is 13.2 Å². The standard InChI is InChI=1S/C19H20N2O6/c1-9(2)26-17(23)13-10(3)27-18(24)19(13)11-7-5-6-8-12(11)21-15(20)14(19)16(22)25-4/h5-9,21H,20H2,1-4H3/t19-/m1/s1. The normalized spacial score (nSPS) is 21.1. The highest BCUT2D eigenvalue weighted by atomic mass is 16.6. The first-order chi connectivity index (χ1) is 12.7. The van der Waals surface area contributed by atoms with Crippen LogP contribution in [0.3, 0.4) is 0 Å². The molecule has 1 aromatic carbocycles. The van der Waals surface area contributed by atoms with E-state index >= 15 is 0 Å². The Balaban J connectivity index is 2.38. The molecule has 1 spiro atoms. The Bertz CT molecular complexity index is 915. The average molecular weight is 372 g/mol. The van der Waals surface area contributed by atoms with Gasteiger partial charge in [-0.25, -0.2) is 14.4 Å². The van der Waals surface area contributed by atoms with Gasteiger partial charge >= 0.3 is 17.9 Å². The van der Waals surface area contributed by atoms with Crippen molar-refractivity contribution < 1.29 is 28.6 Å². The van der Waals surface area contributed by atoms with Gasteiger partial charge in [-0.3, -0.25) is 0 Å². The third kappa shape index (κ3) is 2.56. The van der Waals surface area contributed by atoms with Gasteiger partial charge in [0, 0.05) is 11.3 Å². The summed E-state index contributed by atoms with van der Waals surface area (Å²) in [5.74, 6) is -2.47. The number of esters is 3. The molecule has 8 nitrogen and oxygen atoms in total. The van der Waals surface area contributed by atoms with Crippen LogP contribution in [0.2, 0.25) is 0 Å². The minimum absolute atomic E-state index is 0.0524. The number of ether oxygens (including phenoxy) is 3. The lowest BCUT2D eigenvalue weighted by Crippen LogP contribution is -2.47. The van der Waals surface area contributed by atoms with E-state index in [1.807, 2.05) is 0 Å². The lowest BCUT2D eigenvalue weighted by molar-refractivity contribution is -0.147. The molecule has 3 N–H and O–H groups in total. The fourth-order valence-corrected chi connectivity index (χ4v) is 3.50. The van der Waals surface area contributed by atoms with Gasteiger partial charge in [-0.1, -0.05) is 18.2 Å². The zero-order valence-electron chi connectivity index (χ0n) is 15.4. The van der Waals surface area contributed by atoms with Gasteiger partial charge in [-0.15, -0.1) is 0 Å². The fraction of sp³-hybridized carbons (Fsp3) is 0.316. The summed E-state index contributed by atoms with van der Waals surface area (Å²) < 4.78 is 15.5. The Kier molecular flexibility index (Phi) is 4.43. The Morgan fingerprint density at radius 2 is 1.85 bits per heavy atom. The third-order valence-electron chi connectivity index (χ3n) is 4.46. The van der Waals surface area contributed by atoms with Crippen molar-refractivity contribution in [3.63, 3.8) is 0 Å². The number of carbonyl (C=O) groups excluding carboxylic acids is 3. The van der Waals surface area contributed by atoms with Gasteiger partial charge in [0.15, 0.2) is 5.41 Å². The zero-order valence-corrected chi connectivity index (χ0v) is 15.4. The van der Waals surface area contributed by atoms with Gasteiger partial charge in [-0.05, 0) is 26.8 Å². The van der Waals surface area contributed by atoms with E-state index in [1.54, 1.807) is 38.1 Å². The number of fused-ring (bicyclic) bond motifs is 2. The predicted molar refractivity (Wildman–Crippen MR) is 95.0 cm³/mol. The van der Waals surface area contributed by atoms with Crippen molar-refractivity contribution in [1.82, 2.24) is 0 Å². The van der Waals surface area contributed by atoms with Crippen molar-refractivity contribution in [3.8, 4) is 0 Å². The van der Waals surface area contributed by atoms with Crippen LogP contribution in [0.15, 0.2) is 47.0 Å². The maximum atomic E-state index is 13.1. The van der Waals surface area contributed by atoms with E-state index in [1.165, 1.54) is 14.0 Å². The Labute approximate surface area is 155 Å². The minimum atomic E-state index is -1.87. The molecule has 2 heterocycles. The number of anilines is 1. The number of allylic oxidation sites excluding steroid dienone is 1. The molecule has 0 saturated heterocycles. The summed E-state index contributed by atoms with van der Waals surface area (Å²) in [5, 5.41) is 2.89. The first-order valence-electron chi connectivity index (χ1n) is 8.34. The van der Waals surface area contributed by atoms with Crippen LogP contribution >= 0.6 is 0 Å². The van der Waals surface area contributed by atoms with Crippen molar-refractivity contribution in [3.05, 3.63) is 52.6 Å². The second-order valence-electron chi connectivity index (χ2n) is 6.48. The molecule has 1 aromatic rings. The van der Waals surface area contributed by atoms with Crippen LogP contribution in [0.4, 0.5) is 5.69 Å². The Morgan fingerprint density at radius 3 is 2.48 bits per heavy atom. The predicted octanol–water partition coefficient (Wildman–Crippen LogP) is 1.48. The maximum Gasteiger partial charge on any atom is 0.339 e. The molecule has 2 aliphatic heterocycles. The van der Waals surface area contributed by atoms with E-state index in [0.29, 0.717) is 11.3 Å². The Morgan fingerprint density at radius 1 is 1.19 bits per heavy atom. The molecule has 0 radical (unpaired) electrons. The lowest BCUT2D eigenvalue weighted by Gasteiger charge is -2.35. The van der Waals surface area contributed by atoms with Crippen molar-refractivity contribution in [2.45, 2.75) is 32.3 Å².